The van der Waals surface area contributed by atoms with Gasteiger partial charge in [-0.15, -0.1) is 0 Å². The van der Waals surface area contributed by atoms with Gasteiger partial charge in [-0.2, -0.15) is 13.2 Å². The van der Waals surface area contributed by atoms with Crippen LogP contribution < -0.4 is 0 Å². The number of hydrogen-bond acceptors (Lipinski definition) is 2. The fourth-order valence-corrected chi connectivity index (χ4v) is 1.86. The number of aromatic nitrogens is 1. The normalized spacial score (nSPS) is 14.9. The summed E-state index contributed by atoms with van der Waals surface area (Å²) in [4.78, 5) is 3.81. The van der Waals surface area contributed by atoms with Gasteiger partial charge in [-0.25, -0.2) is 4.39 Å². The Morgan fingerprint density at radius 2 is 1.80 bits per heavy atom. The molecule has 0 saturated heterocycles. The third kappa shape index (κ3) is 2.65. The lowest BCUT2D eigenvalue weighted by molar-refractivity contribution is -0.140. The molecule has 0 spiro atoms. The minimum atomic E-state index is -4.81. The molecule has 1 aromatic carbocycles. The summed E-state index contributed by atoms with van der Waals surface area (Å²) in [5.74, 6) is -1.37. The molecule has 20 heavy (non-hydrogen) atoms. The van der Waals surface area contributed by atoms with E-state index in [1.54, 1.807) is 6.07 Å². The molecule has 2 rings (SSSR count). The molecule has 2 nitrogen and oxygen atoms in total. The smallest absolute Gasteiger partial charge is 0.381 e. The van der Waals surface area contributed by atoms with Crippen molar-refractivity contribution in [3.63, 3.8) is 0 Å². The second-order valence-electron chi connectivity index (χ2n) is 4.51. The van der Waals surface area contributed by atoms with Crippen molar-refractivity contribution in [3.05, 3.63) is 65.2 Å². The largest absolute Gasteiger partial charge is 0.419 e. The molecular weight excluding hydrogens is 274 g/mol. The molecule has 106 valence electrons. The molecule has 1 aromatic heterocycles. The number of alkyl halides is 3. The molecule has 1 N–H and O–H groups in total. The molecule has 2 aromatic rings. The van der Waals surface area contributed by atoms with E-state index in [0.717, 1.165) is 6.07 Å². The van der Waals surface area contributed by atoms with Crippen molar-refractivity contribution >= 4 is 0 Å². The van der Waals surface area contributed by atoms with Crippen LogP contribution in [0.15, 0.2) is 42.7 Å². The zero-order chi connectivity index (χ0) is 15.0. The van der Waals surface area contributed by atoms with Crippen molar-refractivity contribution in [1.29, 1.82) is 0 Å². The topological polar surface area (TPSA) is 33.1 Å². The van der Waals surface area contributed by atoms with Crippen LogP contribution in [-0.2, 0) is 11.8 Å². The van der Waals surface area contributed by atoms with Crippen molar-refractivity contribution in [2.75, 3.05) is 0 Å². The molecule has 0 bridgehead atoms. The second kappa shape index (κ2) is 4.86. The number of pyridine rings is 1. The first-order valence-electron chi connectivity index (χ1n) is 5.73. The highest BCUT2D eigenvalue weighted by Gasteiger charge is 2.36. The molecule has 1 unspecified atom stereocenters. The Bertz CT molecular complexity index is 608. The second-order valence-corrected chi connectivity index (χ2v) is 4.51. The molecule has 0 aliphatic heterocycles. The SMILES string of the molecule is CC(O)(c1cccnc1)c1ccc(F)c(C(F)(F)F)c1. The van der Waals surface area contributed by atoms with Crippen LogP contribution in [-0.4, -0.2) is 10.1 Å². The van der Waals surface area contributed by atoms with Crippen molar-refractivity contribution in [2.45, 2.75) is 18.7 Å². The number of halogens is 4. The lowest BCUT2D eigenvalue weighted by Gasteiger charge is -2.25. The summed E-state index contributed by atoms with van der Waals surface area (Å²) in [5.41, 5.74) is -2.83. The van der Waals surface area contributed by atoms with Gasteiger partial charge in [0.05, 0.1) is 5.56 Å². The maximum Gasteiger partial charge on any atom is 0.419 e. The van der Waals surface area contributed by atoms with Gasteiger partial charge in [0.15, 0.2) is 0 Å². The van der Waals surface area contributed by atoms with E-state index in [-0.39, 0.29) is 5.56 Å². The molecule has 0 fully saturated rings. The van der Waals surface area contributed by atoms with Gasteiger partial charge in [0.25, 0.3) is 0 Å². The number of nitrogens with zero attached hydrogens (tertiary/aromatic N) is 1. The Balaban J connectivity index is 2.54. The average molecular weight is 285 g/mol. The molecule has 6 heteroatoms. The van der Waals surface area contributed by atoms with Crippen LogP contribution in [0.3, 0.4) is 0 Å². The molecule has 0 saturated carbocycles. The Morgan fingerprint density at radius 3 is 2.35 bits per heavy atom. The molecular formula is C14H11F4NO. The van der Waals surface area contributed by atoms with E-state index >= 15 is 0 Å². The molecule has 0 aliphatic carbocycles. The number of rotatable bonds is 2. The highest BCUT2D eigenvalue weighted by Crippen LogP contribution is 2.36. The predicted octanol–water partition coefficient (Wildman–Crippen LogP) is 3.50. The standard InChI is InChI=1S/C14H11F4NO/c1-13(20,10-3-2-6-19-8-10)9-4-5-12(15)11(7-9)14(16,17)18/h2-8,20H,1H3. The fraction of sp³-hybridized carbons (Fsp3) is 0.214. The third-order valence-electron chi connectivity index (χ3n) is 3.06. The van der Waals surface area contributed by atoms with Crippen LogP contribution in [0.4, 0.5) is 17.6 Å². The van der Waals surface area contributed by atoms with Gasteiger partial charge < -0.3 is 5.11 Å². The van der Waals surface area contributed by atoms with Crippen molar-refractivity contribution < 1.29 is 22.7 Å². The summed E-state index contributed by atoms with van der Waals surface area (Å²) in [6.45, 7) is 1.33. The van der Waals surface area contributed by atoms with E-state index in [4.69, 9.17) is 0 Å². The van der Waals surface area contributed by atoms with E-state index in [0.29, 0.717) is 17.7 Å². The first-order chi connectivity index (χ1) is 9.23. The van der Waals surface area contributed by atoms with E-state index in [1.165, 1.54) is 25.4 Å². The Kier molecular flexibility index (Phi) is 3.52. The minimum Gasteiger partial charge on any atom is -0.381 e. The van der Waals surface area contributed by atoms with Crippen LogP contribution in [0, 0.1) is 5.82 Å². The number of hydrogen-bond donors (Lipinski definition) is 1. The zero-order valence-corrected chi connectivity index (χ0v) is 10.4. The summed E-state index contributed by atoms with van der Waals surface area (Å²) in [6, 6.07) is 5.52. The Labute approximate surface area is 112 Å². The predicted molar refractivity (Wildman–Crippen MR) is 64.3 cm³/mol. The van der Waals surface area contributed by atoms with Crippen molar-refractivity contribution in [1.82, 2.24) is 4.98 Å². The monoisotopic (exact) mass is 285 g/mol. The summed E-state index contributed by atoms with van der Waals surface area (Å²) < 4.78 is 51.3. The van der Waals surface area contributed by atoms with Crippen LogP contribution in [0.25, 0.3) is 0 Å². The fourth-order valence-electron chi connectivity index (χ4n) is 1.86. The first kappa shape index (κ1) is 14.5. The molecule has 1 atom stereocenters. The molecule has 0 radical (unpaired) electrons. The van der Waals surface area contributed by atoms with Gasteiger partial charge in [-0.05, 0) is 30.7 Å². The van der Waals surface area contributed by atoms with Crippen LogP contribution >= 0.6 is 0 Å². The van der Waals surface area contributed by atoms with E-state index in [2.05, 4.69) is 4.98 Å². The molecule has 0 amide bonds. The summed E-state index contributed by atoms with van der Waals surface area (Å²) in [6.07, 6.45) is -1.99. The first-order valence-corrected chi connectivity index (χ1v) is 5.73. The maximum atomic E-state index is 13.2. The van der Waals surface area contributed by atoms with Crippen LogP contribution in [0.2, 0.25) is 0 Å². The maximum absolute atomic E-state index is 13.2. The van der Waals surface area contributed by atoms with Gasteiger partial charge in [0.2, 0.25) is 0 Å². The van der Waals surface area contributed by atoms with E-state index in [1.807, 2.05) is 0 Å². The lowest BCUT2D eigenvalue weighted by Crippen LogP contribution is -2.24. The summed E-state index contributed by atoms with van der Waals surface area (Å²) in [7, 11) is 0. The number of benzene rings is 1. The zero-order valence-electron chi connectivity index (χ0n) is 10.4. The summed E-state index contributed by atoms with van der Waals surface area (Å²) in [5, 5.41) is 10.4. The number of aliphatic hydroxyl groups is 1. The highest BCUT2D eigenvalue weighted by atomic mass is 19.4. The quantitative estimate of drug-likeness (QED) is 0.857. The van der Waals surface area contributed by atoms with Crippen LogP contribution in [0.5, 0.6) is 0 Å². The molecule has 1 heterocycles. The van der Waals surface area contributed by atoms with Gasteiger partial charge in [0, 0.05) is 18.0 Å². The van der Waals surface area contributed by atoms with Crippen molar-refractivity contribution in [2.24, 2.45) is 0 Å². The average Bonchev–Trinajstić information content (AvgIpc) is 2.38. The highest BCUT2D eigenvalue weighted by molar-refractivity contribution is 5.37. The lowest BCUT2D eigenvalue weighted by atomic mass is 9.88. The Morgan fingerprint density at radius 1 is 1.10 bits per heavy atom. The van der Waals surface area contributed by atoms with Gasteiger partial charge in [-0.1, -0.05) is 12.1 Å². The van der Waals surface area contributed by atoms with Gasteiger partial charge in [-0.3, -0.25) is 4.98 Å². The van der Waals surface area contributed by atoms with Gasteiger partial charge in [0.1, 0.15) is 11.4 Å². The van der Waals surface area contributed by atoms with Gasteiger partial charge >= 0.3 is 6.18 Å². The van der Waals surface area contributed by atoms with Crippen molar-refractivity contribution in [3.8, 4) is 0 Å². The van der Waals surface area contributed by atoms with Crippen LogP contribution in [0.1, 0.15) is 23.6 Å². The Hall–Kier alpha value is -1.95. The molecule has 0 aliphatic rings. The van der Waals surface area contributed by atoms with E-state index < -0.39 is 23.2 Å². The summed E-state index contributed by atoms with van der Waals surface area (Å²) >= 11 is 0. The minimum absolute atomic E-state index is 0.0563. The van der Waals surface area contributed by atoms with E-state index in [9.17, 15) is 22.7 Å². The third-order valence-corrected chi connectivity index (χ3v) is 3.06.